The largest absolute Gasteiger partial charge is 0.375 e. The van der Waals surface area contributed by atoms with Crippen molar-refractivity contribution < 1.29 is 14.4 Å². The zero-order valence-corrected chi connectivity index (χ0v) is 8.09. The number of hydrogen-bond donors (Lipinski definition) is 3. The van der Waals surface area contributed by atoms with Crippen LogP contribution in [0.25, 0.3) is 0 Å². The number of pyridine rings is 1. The van der Waals surface area contributed by atoms with Gasteiger partial charge in [-0.1, -0.05) is 0 Å². The van der Waals surface area contributed by atoms with Gasteiger partial charge in [0.25, 0.3) is 0 Å². The predicted molar refractivity (Wildman–Crippen MR) is 47.9 cm³/mol. The van der Waals surface area contributed by atoms with Crippen molar-refractivity contribution in [3.63, 3.8) is 0 Å². The van der Waals surface area contributed by atoms with Gasteiger partial charge < -0.3 is 9.79 Å². The Morgan fingerprint density at radius 2 is 2.17 bits per heavy atom. The molecule has 66 valence electrons. The molecule has 1 rings (SSSR count). The Labute approximate surface area is 75.2 Å². The fourth-order valence-electron chi connectivity index (χ4n) is 0.749. The van der Waals surface area contributed by atoms with E-state index in [0.29, 0.717) is 5.56 Å². The van der Waals surface area contributed by atoms with Crippen LogP contribution < -0.4 is 5.44 Å². The number of thiol groups is 1. The minimum atomic E-state index is -4.27. The van der Waals surface area contributed by atoms with Crippen LogP contribution >= 0.6 is 20.2 Å². The third-order valence-electron chi connectivity index (χ3n) is 1.38. The van der Waals surface area contributed by atoms with Crippen molar-refractivity contribution >= 4 is 25.7 Å². The molecule has 0 aromatic carbocycles. The Morgan fingerprint density at radius 1 is 1.58 bits per heavy atom. The van der Waals surface area contributed by atoms with Crippen molar-refractivity contribution in [3.05, 3.63) is 17.8 Å². The average molecular weight is 205 g/mol. The van der Waals surface area contributed by atoms with E-state index in [9.17, 15) is 4.57 Å². The molecule has 4 nitrogen and oxygen atoms in total. The maximum atomic E-state index is 10.8. The molecule has 0 saturated carbocycles. The van der Waals surface area contributed by atoms with Gasteiger partial charge in [0.2, 0.25) is 0 Å². The Balaban J connectivity index is 3.36. The molecule has 1 aromatic heterocycles. The smallest absolute Gasteiger partial charge is 0.320 e. The SMILES string of the molecule is Cc1ccnc(P(=O)(O)O)c1S. The first-order valence-electron chi connectivity index (χ1n) is 3.13. The van der Waals surface area contributed by atoms with Gasteiger partial charge in [0, 0.05) is 11.1 Å². The van der Waals surface area contributed by atoms with E-state index in [1.165, 1.54) is 6.20 Å². The number of hydrogen-bond acceptors (Lipinski definition) is 3. The molecule has 0 spiro atoms. The molecule has 1 aromatic rings. The molecule has 1 heterocycles. The van der Waals surface area contributed by atoms with Gasteiger partial charge >= 0.3 is 7.60 Å². The number of nitrogens with zero attached hydrogens (tertiary/aromatic N) is 1. The summed E-state index contributed by atoms with van der Waals surface area (Å²) in [5.41, 5.74) is 0.442. The summed E-state index contributed by atoms with van der Waals surface area (Å²) in [6.45, 7) is 1.71. The predicted octanol–water partition coefficient (Wildman–Crippen LogP) is 0.482. The molecule has 0 aliphatic carbocycles. The second kappa shape index (κ2) is 3.18. The average Bonchev–Trinajstić information content (AvgIpc) is 1.92. The van der Waals surface area contributed by atoms with Crippen LogP contribution in [0.2, 0.25) is 0 Å². The highest BCUT2D eigenvalue weighted by Crippen LogP contribution is 2.35. The molecule has 0 bridgehead atoms. The van der Waals surface area contributed by atoms with Crippen molar-refractivity contribution in [2.45, 2.75) is 11.8 Å². The Kier molecular flexibility index (Phi) is 2.58. The lowest BCUT2D eigenvalue weighted by Gasteiger charge is -2.06. The molecule has 0 radical (unpaired) electrons. The molecule has 0 unspecified atom stereocenters. The molecule has 0 saturated heterocycles. The Bertz CT molecular complexity index is 349. The van der Waals surface area contributed by atoms with Gasteiger partial charge in [0.1, 0.15) is 0 Å². The lowest BCUT2D eigenvalue weighted by molar-refractivity contribution is 0.385. The summed E-state index contributed by atoms with van der Waals surface area (Å²) >= 11 is 3.95. The second-order valence-electron chi connectivity index (χ2n) is 2.34. The third-order valence-corrected chi connectivity index (χ3v) is 3.01. The summed E-state index contributed by atoms with van der Waals surface area (Å²) in [7, 11) is -4.27. The van der Waals surface area contributed by atoms with Crippen LogP contribution in [0.4, 0.5) is 0 Å². The third kappa shape index (κ3) is 1.87. The first-order valence-corrected chi connectivity index (χ1v) is 5.19. The number of aromatic nitrogens is 1. The first-order chi connectivity index (χ1) is 5.43. The summed E-state index contributed by atoms with van der Waals surface area (Å²) < 4.78 is 10.8. The fraction of sp³-hybridized carbons (Fsp3) is 0.167. The molecule has 0 amide bonds. The van der Waals surface area contributed by atoms with Gasteiger partial charge in [0.05, 0.1) is 0 Å². The van der Waals surface area contributed by atoms with E-state index >= 15 is 0 Å². The monoisotopic (exact) mass is 205 g/mol. The van der Waals surface area contributed by atoms with E-state index in [4.69, 9.17) is 9.79 Å². The van der Waals surface area contributed by atoms with E-state index in [1.807, 2.05) is 0 Å². The van der Waals surface area contributed by atoms with Crippen LogP contribution in [0.1, 0.15) is 5.56 Å². The van der Waals surface area contributed by atoms with Crippen LogP contribution in [0, 0.1) is 6.92 Å². The first kappa shape index (κ1) is 9.74. The fourth-order valence-corrected chi connectivity index (χ4v) is 1.94. The molecule has 0 aliphatic rings. The molecule has 12 heavy (non-hydrogen) atoms. The van der Waals surface area contributed by atoms with E-state index in [1.54, 1.807) is 13.0 Å². The molecule has 6 heteroatoms. The molecule has 2 N–H and O–H groups in total. The molecule has 0 atom stereocenters. The van der Waals surface area contributed by atoms with E-state index < -0.39 is 7.60 Å². The Morgan fingerprint density at radius 3 is 2.58 bits per heavy atom. The maximum absolute atomic E-state index is 10.8. The molecular formula is C6H8NO3PS. The van der Waals surface area contributed by atoms with Crippen LogP contribution in [-0.4, -0.2) is 14.8 Å². The molecule has 0 aliphatic heterocycles. The van der Waals surface area contributed by atoms with Crippen molar-refractivity contribution in [3.8, 4) is 0 Å². The maximum Gasteiger partial charge on any atom is 0.375 e. The van der Waals surface area contributed by atoms with Gasteiger partial charge in [-0.25, -0.2) is 4.98 Å². The summed E-state index contributed by atoms with van der Waals surface area (Å²) in [5, 5.41) is 0. The number of aryl methyl sites for hydroxylation is 1. The van der Waals surface area contributed by atoms with Crippen LogP contribution in [0.3, 0.4) is 0 Å². The van der Waals surface area contributed by atoms with Gasteiger partial charge in [-0.2, -0.15) is 0 Å². The minimum Gasteiger partial charge on any atom is -0.320 e. The zero-order chi connectivity index (χ0) is 9.35. The van der Waals surface area contributed by atoms with Crippen molar-refractivity contribution in [1.29, 1.82) is 0 Å². The summed E-state index contributed by atoms with van der Waals surface area (Å²) in [4.78, 5) is 21.4. The quantitative estimate of drug-likeness (QED) is 0.460. The van der Waals surface area contributed by atoms with Gasteiger partial charge in [-0.15, -0.1) is 12.6 Å². The second-order valence-corrected chi connectivity index (χ2v) is 4.30. The van der Waals surface area contributed by atoms with Crippen molar-refractivity contribution in [2.24, 2.45) is 0 Å². The van der Waals surface area contributed by atoms with Crippen molar-refractivity contribution in [1.82, 2.24) is 4.98 Å². The van der Waals surface area contributed by atoms with E-state index in [2.05, 4.69) is 17.6 Å². The lowest BCUT2D eigenvalue weighted by Crippen LogP contribution is -2.11. The summed E-state index contributed by atoms with van der Waals surface area (Å²) in [6.07, 6.45) is 1.35. The van der Waals surface area contributed by atoms with Crippen LogP contribution in [0.15, 0.2) is 17.2 Å². The van der Waals surface area contributed by atoms with Gasteiger partial charge in [-0.05, 0) is 18.6 Å². The normalized spacial score (nSPS) is 11.7. The highest BCUT2D eigenvalue weighted by atomic mass is 32.1. The highest BCUT2D eigenvalue weighted by molar-refractivity contribution is 7.81. The molecule has 0 fully saturated rings. The topological polar surface area (TPSA) is 70.4 Å². The standard InChI is InChI=1S/C6H8NO3PS/c1-4-2-3-7-6(5(4)12)11(8,9)10/h2-3,12H,1H3,(H2,8,9,10). The zero-order valence-electron chi connectivity index (χ0n) is 6.30. The minimum absolute atomic E-state index is 0.255. The van der Waals surface area contributed by atoms with Gasteiger partial charge in [-0.3, -0.25) is 4.57 Å². The van der Waals surface area contributed by atoms with E-state index in [0.717, 1.165) is 0 Å². The van der Waals surface area contributed by atoms with Crippen LogP contribution in [-0.2, 0) is 4.57 Å². The Hall–Kier alpha value is -0.350. The number of rotatable bonds is 1. The highest BCUT2D eigenvalue weighted by Gasteiger charge is 2.22. The summed E-state index contributed by atoms with van der Waals surface area (Å²) in [6, 6.07) is 1.64. The lowest BCUT2D eigenvalue weighted by atomic mass is 10.3. The molecular weight excluding hydrogens is 197 g/mol. The van der Waals surface area contributed by atoms with Crippen molar-refractivity contribution in [2.75, 3.05) is 0 Å². The van der Waals surface area contributed by atoms with Gasteiger partial charge in [0.15, 0.2) is 5.44 Å². The van der Waals surface area contributed by atoms with E-state index in [-0.39, 0.29) is 10.3 Å². The van der Waals surface area contributed by atoms with Crippen LogP contribution in [0.5, 0.6) is 0 Å². The summed E-state index contributed by atoms with van der Waals surface area (Å²) in [5.74, 6) is 0.